The van der Waals surface area contributed by atoms with E-state index < -0.39 is 0 Å². The molecule has 0 aromatic heterocycles. The summed E-state index contributed by atoms with van der Waals surface area (Å²) in [6, 6.07) is 0. The maximum absolute atomic E-state index is 12.1. The zero-order valence-corrected chi connectivity index (χ0v) is 10.1. The van der Waals surface area contributed by atoms with Crippen molar-refractivity contribution in [3.63, 3.8) is 0 Å². The van der Waals surface area contributed by atoms with Crippen molar-refractivity contribution in [2.75, 3.05) is 19.7 Å². The molecule has 0 radical (unpaired) electrons. The number of carbonyl (C=O) groups is 1. The van der Waals surface area contributed by atoms with Crippen molar-refractivity contribution in [1.82, 2.24) is 4.90 Å². The van der Waals surface area contributed by atoms with Crippen LogP contribution in [-0.4, -0.2) is 36.6 Å². The minimum absolute atomic E-state index is 0.199. The Morgan fingerprint density at radius 2 is 1.81 bits per heavy atom. The number of nitrogens with zero attached hydrogens (tertiary/aromatic N) is 1. The molecule has 2 fully saturated rings. The molecule has 1 amide bonds. The second kappa shape index (κ2) is 6.24. The summed E-state index contributed by atoms with van der Waals surface area (Å²) in [6.07, 6.45) is 9.18. The lowest BCUT2D eigenvalue weighted by Gasteiger charge is -2.26. The first-order valence-electron chi connectivity index (χ1n) is 6.75. The van der Waals surface area contributed by atoms with Crippen molar-refractivity contribution in [3.05, 3.63) is 0 Å². The number of hydrogen-bond acceptors (Lipinski definition) is 2. The molecule has 1 atom stereocenters. The highest BCUT2D eigenvalue weighted by atomic mass is 16.5. The van der Waals surface area contributed by atoms with E-state index in [0.29, 0.717) is 12.3 Å². The van der Waals surface area contributed by atoms with Gasteiger partial charge in [0.2, 0.25) is 5.91 Å². The van der Waals surface area contributed by atoms with E-state index in [-0.39, 0.29) is 6.10 Å². The van der Waals surface area contributed by atoms with Gasteiger partial charge in [0.25, 0.3) is 0 Å². The smallest absolute Gasteiger partial charge is 0.225 e. The van der Waals surface area contributed by atoms with Crippen LogP contribution in [0, 0.1) is 0 Å². The Balaban J connectivity index is 1.76. The highest BCUT2D eigenvalue weighted by molar-refractivity contribution is 5.76. The predicted molar refractivity (Wildman–Crippen MR) is 63.3 cm³/mol. The molecule has 2 heterocycles. The van der Waals surface area contributed by atoms with Crippen LogP contribution in [0.5, 0.6) is 0 Å². The normalized spacial score (nSPS) is 27.5. The molecule has 16 heavy (non-hydrogen) atoms. The maximum atomic E-state index is 12.1. The summed E-state index contributed by atoms with van der Waals surface area (Å²) in [6.45, 7) is 2.77. The van der Waals surface area contributed by atoms with Crippen LogP contribution < -0.4 is 0 Å². The predicted octanol–water partition coefficient (Wildman–Crippen LogP) is 2.35. The van der Waals surface area contributed by atoms with Crippen LogP contribution in [0.25, 0.3) is 0 Å². The maximum Gasteiger partial charge on any atom is 0.225 e. The van der Waals surface area contributed by atoms with Crippen molar-refractivity contribution >= 4 is 5.91 Å². The molecule has 0 aliphatic carbocycles. The summed E-state index contributed by atoms with van der Waals surface area (Å²) >= 11 is 0. The average Bonchev–Trinajstić information content (AvgIpc) is 2.59. The molecule has 0 N–H and O–H groups in total. The quantitative estimate of drug-likeness (QED) is 0.722. The van der Waals surface area contributed by atoms with Gasteiger partial charge in [0, 0.05) is 19.7 Å². The molecule has 2 aliphatic rings. The van der Waals surface area contributed by atoms with Crippen molar-refractivity contribution in [1.29, 1.82) is 0 Å². The lowest BCUT2D eigenvalue weighted by molar-refractivity contribution is -0.135. The minimum Gasteiger partial charge on any atom is -0.378 e. The molecule has 0 bridgehead atoms. The van der Waals surface area contributed by atoms with Crippen LogP contribution in [0.3, 0.4) is 0 Å². The number of rotatable bonds is 2. The molecule has 92 valence electrons. The highest BCUT2D eigenvalue weighted by Crippen LogP contribution is 2.18. The Hall–Kier alpha value is -0.570. The molecule has 0 aromatic carbocycles. The van der Waals surface area contributed by atoms with Gasteiger partial charge in [-0.05, 0) is 32.1 Å². The largest absolute Gasteiger partial charge is 0.378 e. The lowest BCUT2D eigenvalue weighted by Crippen LogP contribution is -2.35. The van der Waals surface area contributed by atoms with E-state index in [2.05, 4.69) is 0 Å². The Morgan fingerprint density at radius 1 is 1.06 bits per heavy atom. The standard InChI is InChI=1S/C13H23NO2/c15-13(11-12-7-3-6-10-16-12)14-8-4-1-2-5-9-14/h12H,1-11H2. The summed E-state index contributed by atoms with van der Waals surface area (Å²) in [7, 11) is 0. The molecule has 1 unspecified atom stereocenters. The van der Waals surface area contributed by atoms with Crippen LogP contribution in [0.4, 0.5) is 0 Å². The second-order valence-electron chi connectivity index (χ2n) is 4.99. The third-order valence-electron chi connectivity index (χ3n) is 3.64. The van der Waals surface area contributed by atoms with Gasteiger partial charge in [-0.3, -0.25) is 4.79 Å². The van der Waals surface area contributed by atoms with Crippen LogP contribution >= 0.6 is 0 Å². The van der Waals surface area contributed by atoms with Gasteiger partial charge in [0.15, 0.2) is 0 Å². The molecular formula is C13H23NO2. The molecule has 2 saturated heterocycles. The Morgan fingerprint density at radius 3 is 2.44 bits per heavy atom. The monoisotopic (exact) mass is 225 g/mol. The van der Waals surface area contributed by atoms with Gasteiger partial charge >= 0.3 is 0 Å². The van der Waals surface area contributed by atoms with Gasteiger partial charge in [-0.25, -0.2) is 0 Å². The summed E-state index contributed by atoms with van der Waals surface area (Å²) in [5.41, 5.74) is 0. The Kier molecular flexibility index (Phi) is 4.64. The molecular weight excluding hydrogens is 202 g/mol. The van der Waals surface area contributed by atoms with E-state index in [1.807, 2.05) is 4.90 Å². The molecule has 0 saturated carbocycles. The number of ether oxygens (including phenoxy) is 1. The number of amides is 1. The fraction of sp³-hybridized carbons (Fsp3) is 0.923. The topological polar surface area (TPSA) is 29.5 Å². The Labute approximate surface area is 98.1 Å². The molecule has 0 spiro atoms. The summed E-state index contributed by atoms with van der Waals surface area (Å²) in [5.74, 6) is 0.314. The van der Waals surface area contributed by atoms with Crippen molar-refractivity contribution in [2.24, 2.45) is 0 Å². The lowest BCUT2D eigenvalue weighted by atomic mass is 10.1. The van der Waals surface area contributed by atoms with Crippen LogP contribution in [0.1, 0.15) is 51.4 Å². The summed E-state index contributed by atoms with van der Waals surface area (Å²) in [5, 5.41) is 0. The Bertz CT molecular complexity index is 216. The van der Waals surface area contributed by atoms with E-state index in [1.54, 1.807) is 0 Å². The van der Waals surface area contributed by atoms with Crippen LogP contribution in [-0.2, 0) is 9.53 Å². The third-order valence-corrected chi connectivity index (χ3v) is 3.64. The van der Waals surface area contributed by atoms with Crippen LogP contribution in [0.15, 0.2) is 0 Å². The molecule has 2 rings (SSSR count). The van der Waals surface area contributed by atoms with Crippen molar-refractivity contribution < 1.29 is 9.53 Å². The average molecular weight is 225 g/mol. The van der Waals surface area contributed by atoms with E-state index in [1.165, 1.54) is 32.1 Å². The van der Waals surface area contributed by atoms with E-state index in [4.69, 9.17) is 4.74 Å². The first-order valence-corrected chi connectivity index (χ1v) is 6.75. The third kappa shape index (κ3) is 3.48. The minimum atomic E-state index is 0.199. The van der Waals surface area contributed by atoms with Crippen LogP contribution in [0.2, 0.25) is 0 Å². The van der Waals surface area contributed by atoms with Gasteiger partial charge in [-0.2, -0.15) is 0 Å². The fourth-order valence-corrected chi connectivity index (χ4v) is 2.61. The first-order chi connectivity index (χ1) is 7.86. The highest BCUT2D eigenvalue weighted by Gasteiger charge is 2.21. The zero-order valence-electron chi connectivity index (χ0n) is 10.1. The SMILES string of the molecule is O=C(CC1CCCCO1)N1CCCCCC1. The summed E-state index contributed by atoms with van der Waals surface area (Å²) < 4.78 is 5.62. The summed E-state index contributed by atoms with van der Waals surface area (Å²) in [4.78, 5) is 14.1. The van der Waals surface area contributed by atoms with Crippen molar-refractivity contribution in [2.45, 2.75) is 57.5 Å². The fourth-order valence-electron chi connectivity index (χ4n) is 2.61. The van der Waals surface area contributed by atoms with Gasteiger partial charge in [0.05, 0.1) is 12.5 Å². The number of likely N-dealkylation sites (tertiary alicyclic amines) is 1. The number of hydrogen-bond donors (Lipinski definition) is 0. The van der Waals surface area contributed by atoms with Gasteiger partial charge in [0.1, 0.15) is 0 Å². The molecule has 2 aliphatic heterocycles. The van der Waals surface area contributed by atoms with Gasteiger partial charge < -0.3 is 9.64 Å². The number of carbonyl (C=O) groups excluding carboxylic acids is 1. The van der Waals surface area contributed by atoms with E-state index in [0.717, 1.165) is 32.5 Å². The van der Waals surface area contributed by atoms with Crippen molar-refractivity contribution in [3.8, 4) is 0 Å². The van der Waals surface area contributed by atoms with Gasteiger partial charge in [-0.15, -0.1) is 0 Å². The first kappa shape index (κ1) is 11.9. The van der Waals surface area contributed by atoms with E-state index >= 15 is 0 Å². The van der Waals surface area contributed by atoms with Gasteiger partial charge in [-0.1, -0.05) is 12.8 Å². The molecule has 3 heteroatoms. The molecule has 3 nitrogen and oxygen atoms in total. The van der Waals surface area contributed by atoms with E-state index in [9.17, 15) is 4.79 Å². The molecule has 0 aromatic rings. The second-order valence-corrected chi connectivity index (χ2v) is 4.99. The zero-order chi connectivity index (χ0) is 11.2.